The Morgan fingerprint density at radius 1 is 1.35 bits per heavy atom. The lowest BCUT2D eigenvalue weighted by Gasteiger charge is -2.10. The molecule has 2 aromatic carbocycles. The highest BCUT2D eigenvalue weighted by Crippen LogP contribution is 2.29. The Balaban J connectivity index is 2.31. The Morgan fingerprint density at radius 2 is 2.10 bits per heavy atom. The van der Waals surface area contributed by atoms with Gasteiger partial charge in [0.05, 0.1) is 5.02 Å². The number of ether oxygens (including phenoxy) is 1. The van der Waals surface area contributed by atoms with Crippen molar-refractivity contribution in [2.24, 2.45) is 10.9 Å². The zero-order valence-corrected chi connectivity index (χ0v) is 11.4. The predicted molar refractivity (Wildman–Crippen MR) is 75.2 cm³/mol. The van der Waals surface area contributed by atoms with Crippen molar-refractivity contribution < 1.29 is 14.3 Å². The van der Waals surface area contributed by atoms with Crippen molar-refractivity contribution in [2.75, 3.05) is 0 Å². The summed E-state index contributed by atoms with van der Waals surface area (Å²) >= 11 is 5.99. The summed E-state index contributed by atoms with van der Waals surface area (Å²) < 4.78 is 19.3. The second kappa shape index (κ2) is 5.79. The number of hydrogen-bond donors (Lipinski definition) is 2. The van der Waals surface area contributed by atoms with Gasteiger partial charge in [-0.05, 0) is 30.7 Å². The number of nitrogens with zero attached hydrogens (tertiary/aromatic N) is 1. The SMILES string of the molecule is Cc1cccc(Oc2ccc(/C(N)=N/O)c(Cl)c2)c1F. The number of oxime groups is 1. The number of aryl methyl sites for hydroxylation is 1. The van der Waals surface area contributed by atoms with Crippen LogP contribution in [0, 0.1) is 12.7 Å². The summed E-state index contributed by atoms with van der Waals surface area (Å²) in [7, 11) is 0. The maximum atomic E-state index is 13.8. The van der Waals surface area contributed by atoms with Gasteiger partial charge in [-0.15, -0.1) is 0 Å². The van der Waals surface area contributed by atoms with Crippen LogP contribution in [0.3, 0.4) is 0 Å². The van der Waals surface area contributed by atoms with E-state index in [1.165, 1.54) is 18.2 Å². The third-order valence-corrected chi connectivity index (χ3v) is 3.02. The maximum Gasteiger partial charge on any atom is 0.171 e. The molecule has 4 nitrogen and oxygen atoms in total. The Bertz CT molecular complexity index is 674. The molecule has 0 heterocycles. The number of rotatable bonds is 3. The third kappa shape index (κ3) is 2.83. The Morgan fingerprint density at radius 3 is 2.75 bits per heavy atom. The molecule has 0 amide bonds. The van der Waals surface area contributed by atoms with Crippen LogP contribution in [0.15, 0.2) is 41.6 Å². The first kappa shape index (κ1) is 14.1. The fourth-order valence-electron chi connectivity index (χ4n) is 1.65. The van der Waals surface area contributed by atoms with Crippen LogP contribution < -0.4 is 10.5 Å². The van der Waals surface area contributed by atoms with E-state index in [0.29, 0.717) is 16.9 Å². The van der Waals surface area contributed by atoms with E-state index in [4.69, 9.17) is 27.3 Å². The van der Waals surface area contributed by atoms with Gasteiger partial charge in [-0.1, -0.05) is 28.9 Å². The van der Waals surface area contributed by atoms with Gasteiger partial charge in [0.25, 0.3) is 0 Å². The van der Waals surface area contributed by atoms with Crippen LogP contribution in [0.5, 0.6) is 11.5 Å². The van der Waals surface area contributed by atoms with Gasteiger partial charge in [-0.3, -0.25) is 0 Å². The van der Waals surface area contributed by atoms with Crippen LogP contribution in [0.4, 0.5) is 4.39 Å². The summed E-state index contributed by atoms with van der Waals surface area (Å²) in [5.41, 5.74) is 6.31. The van der Waals surface area contributed by atoms with Crippen molar-refractivity contribution in [3.05, 3.63) is 58.4 Å². The van der Waals surface area contributed by atoms with E-state index in [1.807, 2.05) is 0 Å². The zero-order valence-electron chi connectivity index (χ0n) is 10.6. The fraction of sp³-hybridized carbons (Fsp3) is 0.0714. The highest BCUT2D eigenvalue weighted by molar-refractivity contribution is 6.34. The number of halogens is 2. The average Bonchev–Trinajstić information content (AvgIpc) is 2.43. The van der Waals surface area contributed by atoms with Crippen LogP contribution in [0.2, 0.25) is 5.02 Å². The summed E-state index contributed by atoms with van der Waals surface area (Å²) in [5.74, 6) is -0.0703. The summed E-state index contributed by atoms with van der Waals surface area (Å²) in [4.78, 5) is 0. The van der Waals surface area contributed by atoms with Gasteiger partial charge in [0, 0.05) is 11.6 Å². The minimum Gasteiger partial charge on any atom is -0.454 e. The van der Waals surface area contributed by atoms with Crippen molar-refractivity contribution >= 4 is 17.4 Å². The molecule has 0 unspecified atom stereocenters. The Kier molecular flexibility index (Phi) is 4.10. The van der Waals surface area contributed by atoms with Crippen LogP contribution in [0.25, 0.3) is 0 Å². The van der Waals surface area contributed by atoms with E-state index in [1.54, 1.807) is 25.1 Å². The molecule has 0 aliphatic carbocycles. The zero-order chi connectivity index (χ0) is 14.7. The third-order valence-electron chi connectivity index (χ3n) is 2.71. The minimum absolute atomic E-state index is 0.108. The highest BCUT2D eigenvalue weighted by atomic mass is 35.5. The van der Waals surface area contributed by atoms with E-state index in [-0.39, 0.29) is 16.6 Å². The fourth-order valence-corrected chi connectivity index (χ4v) is 1.91. The molecule has 2 rings (SSSR count). The summed E-state index contributed by atoms with van der Waals surface area (Å²) in [6.07, 6.45) is 0. The monoisotopic (exact) mass is 294 g/mol. The van der Waals surface area contributed by atoms with E-state index in [0.717, 1.165) is 0 Å². The largest absolute Gasteiger partial charge is 0.454 e. The predicted octanol–water partition coefficient (Wildman–Crippen LogP) is 3.67. The van der Waals surface area contributed by atoms with Crippen molar-refractivity contribution in [1.29, 1.82) is 0 Å². The molecule has 0 saturated carbocycles. The first-order valence-corrected chi connectivity index (χ1v) is 6.11. The lowest BCUT2D eigenvalue weighted by molar-refractivity contribution is 0.318. The van der Waals surface area contributed by atoms with E-state index >= 15 is 0 Å². The van der Waals surface area contributed by atoms with Crippen molar-refractivity contribution in [3.8, 4) is 11.5 Å². The number of benzene rings is 2. The van der Waals surface area contributed by atoms with Gasteiger partial charge < -0.3 is 15.7 Å². The van der Waals surface area contributed by atoms with Crippen LogP contribution >= 0.6 is 11.6 Å². The molecule has 104 valence electrons. The Labute approximate surface area is 120 Å². The second-order valence-electron chi connectivity index (χ2n) is 4.12. The molecule has 0 spiro atoms. The van der Waals surface area contributed by atoms with Gasteiger partial charge in [-0.25, -0.2) is 4.39 Å². The molecule has 20 heavy (non-hydrogen) atoms. The van der Waals surface area contributed by atoms with Crippen molar-refractivity contribution in [3.63, 3.8) is 0 Å². The molecule has 0 aliphatic heterocycles. The van der Waals surface area contributed by atoms with Gasteiger partial charge >= 0.3 is 0 Å². The molecule has 0 radical (unpaired) electrons. The molecule has 6 heteroatoms. The summed E-state index contributed by atoms with van der Waals surface area (Å²) in [6.45, 7) is 1.65. The first-order chi connectivity index (χ1) is 9.52. The van der Waals surface area contributed by atoms with Gasteiger partial charge in [0.1, 0.15) is 5.75 Å². The molecular weight excluding hydrogens is 283 g/mol. The van der Waals surface area contributed by atoms with Crippen LogP contribution in [-0.2, 0) is 0 Å². The van der Waals surface area contributed by atoms with Gasteiger partial charge in [0.2, 0.25) is 0 Å². The first-order valence-electron chi connectivity index (χ1n) is 5.73. The lowest BCUT2D eigenvalue weighted by atomic mass is 10.2. The van der Waals surface area contributed by atoms with E-state index in [9.17, 15) is 4.39 Å². The Hall–Kier alpha value is -2.27. The molecule has 0 aromatic heterocycles. The summed E-state index contributed by atoms with van der Waals surface area (Å²) in [6, 6.07) is 9.42. The van der Waals surface area contributed by atoms with Crippen molar-refractivity contribution in [2.45, 2.75) is 6.92 Å². The lowest BCUT2D eigenvalue weighted by Crippen LogP contribution is -2.13. The molecule has 0 fully saturated rings. The standard InChI is InChI=1S/C14H12ClFN2O2/c1-8-3-2-4-12(13(8)16)20-9-5-6-10(11(15)7-9)14(17)18-19/h2-7,19H,1H3,(H2,17,18). The van der Waals surface area contributed by atoms with E-state index < -0.39 is 5.82 Å². The molecule has 0 aliphatic rings. The quantitative estimate of drug-likeness (QED) is 0.393. The van der Waals surface area contributed by atoms with Gasteiger partial charge in [-0.2, -0.15) is 0 Å². The molecule has 0 bridgehead atoms. The maximum absolute atomic E-state index is 13.8. The second-order valence-corrected chi connectivity index (χ2v) is 4.52. The molecule has 3 N–H and O–H groups in total. The number of nitrogens with two attached hydrogens (primary N) is 1. The number of amidine groups is 1. The number of hydrogen-bond acceptors (Lipinski definition) is 3. The average molecular weight is 295 g/mol. The smallest absolute Gasteiger partial charge is 0.171 e. The minimum atomic E-state index is -0.427. The van der Waals surface area contributed by atoms with Gasteiger partial charge in [0.15, 0.2) is 17.4 Å². The highest BCUT2D eigenvalue weighted by Gasteiger charge is 2.10. The molecule has 0 saturated heterocycles. The normalized spacial score (nSPS) is 11.4. The molecule has 0 atom stereocenters. The molecule has 2 aromatic rings. The van der Waals surface area contributed by atoms with Crippen LogP contribution in [-0.4, -0.2) is 11.0 Å². The van der Waals surface area contributed by atoms with Crippen molar-refractivity contribution in [1.82, 2.24) is 0 Å². The van der Waals surface area contributed by atoms with Crippen LogP contribution in [0.1, 0.15) is 11.1 Å². The molecular formula is C14H12ClFN2O2. The van der Waals surface area contributed by atoms with E-state index in [2.05, 4.69) is 5.16 Å². The summed E-state index contributed by atoms with van der Waals surface area (Å²) in [5, 5.41) is 11.7. The topological polar surface area (TPSA) is 67.8 Å².